The molecule has 4 heteroatoms. The van der Waals surface area contributed by atoms with E-state index < -0.39 is 0 Å². The Bertz CT molecular complexity index is 402. The summed E-state index contributed by atoms with van der Waals surface area (Å²) in [6, 6.07) is 5.90. The van der Waals surface area contributed by atoms with Crippen LogP contribution in [0.25, 0.3) is 0 Å². The molecule has 0 aliphatic rings. The lowest BCUT2D eigenvalue weighted by molar-refractivity contribution is -0.0162. The van der Waals surface area contributed by atoms with Gasteiger partial charge in [-0.1, -0.05) is 24.6 Å². The largest absolute Gasteiger partial charge is 0.490 e. The summed E-state index contributed by atoms with van der Waals surface area (Å²) >= 11 is 6.22. The van der Waals surface area contributed by atoms with Crippen LogP contribution in [0.1, 0.15) is 39.7 Å². The first-order valence-corrected chi connectivity index (χ1v) is 7.56. The van der Waals surface area contributed by atoms with E-state index in [9.17, 15) is 0 Å². The first-order chi connectivity index (χ1) is 9.42. The second kappa shape index (κ2) is 8.50. The second-order valence-electron chi connectivity index (χ2n) is 5.75. The SMILES string of the molecule is CCCNCc1ccc(OCCOC(C)(C)C)c(Cl)c1. The molecule has 0 radical (unpaired) electrons. The van der Waals surface area contributed by atoms with Crippen molar-refractivity contribution < 1.29 is 9.47 Å². The van der Waals surface area contributed by atoms with E-state index in [1.807, 2.05) is 39.0 Å². The minimum absolute atomic E-state index is 0.137. The Labute approximate surface area is 127 Å². The highest BCUT2D eigenvalue weighted by molar-refractivity contribution is 6.32. The maximum Gasteiger partial charge on any atom is 0.138 e. The highest BCUT2D eigenvalue weighted by Crippen LogP contribution is 2.25. The van der Waals surface area contributed by atoms with Crippen LogP contribution in [-0.4, -0.2) is 25.4 Å². The zero-order valence-electron chi connectivity index (χ0n) is 13.0. The molecule has 0 saturated heterocycles. The molecule has 0 unspecified atom stereocenters. The van der Waals surface area contributed by atoms with Gasteiger partial charge >= 0.3 is 0 Å². The van der Waals surface area contributed by atoms with Gasteiger partial charge in [0.1, 0.15) is 12.4 Å². The zero-order valence-corrected chi connectivity index (χ0v) is 13.7. The summed E-state index contributed by atoms with van der Waals surface area (Å²) < 4.78 is 11.2. The molecule has 0 saturated carbocycles. The summed E-state index contributed by atoms with van der Waals surface area (Å²) in [6.45, 7) is 11.1. The van der Waals surface area contributed by atoms with Crippen LogP contribution in [0.2, 0.25) is 5.02 Å². The molecule has 1 aromatic carbocycles. The average molecular weight is 300 g/mol. The van der Waals surface area contributed by atoms with Gasteiger partial charge in [-0.2, -0.15) is 0 Å². The van der Waals surface area contributed by atoms with Crippen molar-refractivity contribution >= 4 is 11.6 Å². The number of hydrogen-bond acceptors (Lipinski definition) is 3. The molecule has 0 aromatic heterocycles. The van der Waals surface area contributed by atoms with Crippen LogP contribution in [0, 0.1) is 0 Å². The van der Waals surface area contributed by atoms with E-state index in [1.54, 1.807) is 0 Å². The van der Waals surface area contributed by atoms with Gasteiger partial charge in [0.25, 0.3) is 0 Å². The van der Waals surface area contributed by atoms with Crippen LogP contribution in [0.5, 0.6) is 5.75 Å². The predicted molar refractivity (Wildman–Crippen MR) is 84.6 cm³/mol. The van der Waals surface area contributed by atoms with Gasteiger partial charge in [-0.3, -0.25) is 0 Å². The van der Waals surface area contributed by atoms with Crippen LogP contribution >= 0.6 is 11.6 Å². The summed E-state index contributed by atoms with van der Waals surface area (Å²) in [5.41, 5.74) is 1.03. The lowest BCUT2D eigenvalue weighted by atomic mass is 10.2. The fourth-order valence-corrected chi connectivity index (χ4v) is 1.94. The minimum atomic E-state index is -0.137. The molecule has 0 bridgehead atoms. The maximum absolute atomic E-state index is 6.22. The van der Waals surface area contributed by atoms with Gasteiger partial charge in [0.15, 0.2) is 0 Å². The van der Waals surface area contributed by atoms with Crippen molar-refractivity contribution in [2.45, 2.75) is 46.3 Å². The predicted octanol–water partition coefficient (Wildman–Crippen LogP) is 4.03. The van der Waals surface area contributed by atoms with E-state index >= 15 is 0 Å². The van der Waals surface area contributed by atoms with Crippen LogP contribution in [0.4, 0.5) is 0 Å². The minimum Gasteiger partial charge on any atom is -0.490 e. The summed E-state index contributed by atoms with van der Waals surface area (Å²) in [5.74, 6) is 0.711. The molecular weight excluding hydrogens is 274 g/mol. The van der Waals surface area contributed by atoms with Crippen molar-refractivity contribution in [1.82, 2.24) is 5.32 Å². The number of hydrogen-bond donors (Lipinski definition) is 1. The summed E-state index contributed by atoms with van der Waals surface area (Å²) in [5, 5.41) is 4.00. The molecule has 0 aliphatic carbocycles. The van der Waals surface area contributed by atoms with Crippen LogP contribution in [0.3, 0.4) is 0 Å². The number of halogens is 1. The molecule has 1 N–H and O–H groups in total. The third kappa shape index (κ3) is 7.13. The fraction of sp³-hybridized carbons (Fsp3) is 0.625. The molecule has 114 valence electrons. The highest BCUT2D eigenvalue weighted by atomic mass is 35.5. The van der Waals surface area contributed by atoms with E-state index in [1.165, 1.54) is 5.56 Å². The van der Waals surface area contributed by atoms with E-state index in [0.717, 1.165) is 19.5 Å². The molecule has 0 amide bonds. The molecular formula is C16H26ClNO2. The molecule has 0 heterocycles. The van der Waals surface area contributed by atoms with Crippen molar-refractivity contribution in [3.05, 3.63) is 28.8 Å². The Kier molecular flexibility index (Phi) is 7.35. The molecule has 1 rings (SSSR count). The normalized spacial score (nSPS) is 11.7. The van der Waals surface area contributed by atoms with Crippen molar-refractivity contribution in [1.29, 1.82) is 0 Å². The van der Waals surface area contributed by atoms with E-state index in [0.29, 0.717) is 24.0 Å². The third-order valence-electron chi connectivity index (χ3n) is 2.63. The Morgan fingerprint density at radius 2 is 1.95 bits per heavy atom. The van der Waals surface area contributed by atoms with E-state index in [2.05, 4.69) is 12.2 Å². The third-order valence-corrected chi connectivity index (χ3v) is 2.92. The number of rotatable bonds is 8. The molecule has 1 aromatic rings. The lowest BCUT2D eigenvalue weighted by Gasteiger charge is -2.19. The first kappa shape index (κ1) is 17.3. The van der Waals surface area contributed by atoms with Crippen molar-refractivity contribution in [3.8, 4) is 5.75 Å². The Morgan fingerprint density at radius 3 is 2.55 bits per heavy atom. The topological polar surface area (TPSA) is 30.5 Å². The van der Waals surface area contributed by atoms with E-state index in [-0.39, 0.29) is 5.60 Å². The van der Waals surface area contributed by atoms with E-state index in [4.69, 9.17) is 21.1 Å². The Balaban J connectivity index is 2.39. The highest BCUT2D eigenvalue weighted by Gasteiger charge is 2.10. The quantitative estimate of drug-likeness (QED) is 0.735. The smallest absolute Gasteiger partial charge is 0.138 e. The summed E-state index contributed by atoms with van der Waals surface area (Å²) in [7, 11) is 0. The van der Waals surface area contributed by atoms with Gasteiger partial charge in [-0.15, -0.1) is 0 Å². The number of benzene rings is 1. The van der Waals surface area contributed by atoms with Crippen molar-refractivity contribution in [3.63, 3.8) is 0 Å². The standard InChI is InChI=1S/C16H26ClNO2/c1-5-8-18-12-13-6-7-15(14(17)11-13)19-9-10-20-16(2,3)4/h6-7,11,18H,5,8-10,12H2,1-4H3. The van der Waals surface area contributed by atoms with Crippen molar-refractivity contribution in [2.75, 3.05) is 19.8 Å². The monoisotopic (exact) mass is 299 g/mol. The average Bonchev–Trinajstić information content (AvgIpc) is 2.36. The number of nitrogens with one attached hydrogen (secondary N) is 1. The Morgan fingerprint density at radius 1 is 1.20 bits per heavy atom. The zero-order chi connectivity index (χ0) is 15.0. The summed E-state index contributed by atoms with van der Waals surface area (Å²) in [4.78, 5) is 0. The molecule has 0 aliphatic heterocycles. The molecule has 0 fully saturated rings. The second-order valence-corrected chi connectivity index (χ2v) is 6.16. The lowest BCUT2D eigenvalue weighted by Crippen LogP contribution is -2.22. The van der Waals surface area contributed by atoms with Gasteiger partial charge in [0.05, 0.1) is 17.2 Å². The maximum atomic E-state index is 6.22. The van der Waals surface area contributed by atoms with Gasteiger partial charge in [0.2, 0.25) is 0 Å². The summed E-state index contributed by atoms with van der Waals surface area (Å²) in [6.07, 6.45) is 1.13. The molecule has 0 atom stereocenters. The first-order valence-electron chi connectivity index (χ1n) is 7.18. The van der Waals surface area contributed by atoms with Crippen molar-refractivity contribution in [2.24, 2.45) is 0 Å². The van der Waals surface area contributed by atoms with Gasteiger partial charge in [-0.25, -0.2) is 0 Å². The van der Waals surface area contributed by atoms with Gasteiger partial charge in [0, 0.05) is 6.54 Å². The molecule has 0 spiro atoms. The van der Waals surface area contributed by atoms with Crippen LogP contribution in [0.15, 0.2) is 18.2 Å². The van der Waals surface area contributed by atoms with Crippen LogP contribution in [-0.2, 0) is 11.3 Å². The van der Waals surface area contributed by atoms with Crippen LogP contribution < -0.4 is 10.1 Å². The van der Waals surface area contributed by atoms with Gasteiger partial charge < -0.3 is 14.8 Å². The molecule has 3 nitrogen and oxygen atoms in total. The number of ether oxygens (including phenoxy) is 2. The van der Waals surface area contributed by atoms with Gasteiger partial charge in [-0.05, 0) is 51.4 Å². The Hall–Kier alpha value is -0.770. The molecule has 20 heavy (non-hydrogen) atoms. The fourth-order valence-electron chi connectivity index (χ4n) is 1.68.